The van der Waals surface area contributed by atoms with E-state index in [1.807, 2.05) is 18.2 Å². The Morgan fingerprint density at radius 2 is 2.05 bits per heavy atom. The van der Waals surface area contributed by atoms with Gasteiger partial charge in [-0.3, -0.25) is 9.69 Å². The first-order chi connectivity index (χ1) is 20.5. The summed E-state index contributed by atoms with van der Waals surface area (Å²) < 4.78 is 16.5. The molecule has 1 aliphatic carbocycles. The van der Waals surface area contributed by atoms with Crippen molar-refractivity contribution in [2.24, 2.45) is 0 Å². The van der Waals surface area contributed by atoms with Crippen LogP contribution in [0.25, 0.3) is 0 Å². The van der Waals surface area contributed by atoms with Gasteiger partial charge in [0, 0.05) is 50.9 Å². The molecule has 232 valence electrons. The number of rotatable bonds is 11. The van der Waals surface area contributed by atoms with Crippen LogP contribution in [0.15, 0.2) is 41.3 Å². The van der Waals surface area contributed by atoms with Gasteiger partial charge < -0.3 is 34.5 Å². The number of carbonyl (C=O) groups excluding carboxylic acids is 1. The summed E-state index contributed by atoms with van der Waals surface area (Å²) in [7, 11) is 0. The number of fused-ring (bicyclic) bond motifs is 1. The van der Waals surface area contributed by atoms with E-state index in [4.69, 9.17) is 30.5 Å². The molecule has 0 radical (unpaired) electrons. The number of anilines is 2. The number of ether oxygens (including phenoxy) is 2. The number of aliphatic hydroxyl groups excluding tert-OH is 1. The van der Waals surface area contributed by atoms with Crippen molar-refractivity contribution in [2.45, 2.75) is 51.0 Å². The summed E-state index contributed by atoms with van der Waals surface area (Å²) in [5, 5.41) is 17.8. The predicted octanol–water partition coefficient (Wildman–Crippen LogP) is 3.36. The number of aliphatic hydroxyl groups is 1. The van der Waals surface area contributed by atoms with Crippen molar-refractivity contribution in [1.29, 1.82) is 0 Å². The fourth-order valence-electron chi connectivity index (χ4n) is 5.49. The second-order valence-corrected chi connectivity index (χ2v) is 11.5. The highest BCUT2D eigenvalue weighted by Crippen LogP contribution is 2.34. The van der Waals surface area contributed by atoms with Gasteiger partial charge in [0.05, 0.1) is 30.5 Å². The van der Waals surface area contributed by atoms with E-state index in [-0.39, 0.29) is 32.6 Å². The minimum absolute atomic E-state index is 0. The molecule has 1 aromatic carbocycles. The summed E-state index contributed by atoms with van der Waals surface area (Å²) in [6.45, 7) is 5.00. The Hall–Kier alpha value is -3.03. The summed E-state index contributed by atoms with van der Waals surface area (Å²) in [4.78, 5) is 26.2. The van der Waals surface area contributed by atoms with Gasteiger partial charge in [-0.05, 0) is 55.0 Å². The van der Waals surface area contributed by atoms with Crippen molar-refractivity contribution in [3.63, 3.8) is 0 Å². The number of morpholine rings is 1. The zero-order chi connectivity index (χ0) is 28.9. The minimum Gasteiger partial charge on any atom is -0.484 e. The van der Waals surface area contributed by atoms with Gasteiger partial charge in [-0.2, -0.15) is 13.5 Å². The fraction of sp³-hybridized carbons (Fsp3) is 0.500. The van der Waals surface area contributed by atoms with Crippen LogP contribution in [0.4, 0.5) is 11.6 Å². The first-order valence-electron chi connectivity index (χ1n) is 14.6. The first kappa shape index (κ1) is 31.4. The normalized spacial score (nSPS) is 17.8. The molecule has 1 atom stereocenters. The second-order valence-electron chi connectivity index (χ2n) is 11.1. The Kier molecular flexibility index (Phi) is 10.7. The maximum absolute atomic E-state index is 13.2. The lowest BCUT2D eigenvalue weighted by Gasteiger charge is -2.31. The zero-order valence-electron chi connectivity index (χ0n) is 24.1. The van der Waals surface area contributed by atoms with Crippen molar-refractivity contribution in [3.05, 3.63) is 64.3 Å². The summed E-state index contributed by atoms with van der Waals surface area (Å²) in [5.74, 6) is 2.50. The first-order valence-corrected chi connectivity index (χ1v) is 15.0. The highest BCUT2D eigenvalue weighted by atomic mass is 35.5. The quantitative estimate of drug-likeness (QED) is 0.290. The number of amides is 1. The van der Waals surface area contributed by atoms with Crippen molar-refractivity contribution >= 4 is 42.6 Å². The summed E-state index contributed by atoms with van der Waals surface area (Å²) >= 11 is 6.67. The van der Waals surface area contributed by atoms with E-state index in [2.05, 4.69) is 25.4 Å². The number of benzene rings is 1. The molecule has 2 aromatic heterocycles. The number of β-amino-alcohol motifs (C(OH)–C–C–N with tert-alkyl or cyclic N) is 1. The van der Waals surface area contributed by atoms with Crippen LogP contribution in [0.5, 0.6) is 5.75 Å². The third kappa shape index (κ3) is 7.93. The molecule has 3 aromatic rings. The number of oxazole rings is 1. The van der Waals surface area contributed by atoms with Crippen molar-refractivity contribution < 1.29 is 23.8 Å². The number of nitrogens with zero attached hydrogens (tertiary/aromatic N) is 4. The van der Waals surface area contributed by atoms with Crippen LogP contribution >= 0.6 is 25.1 Å². The van der Waals surface area contributed by atoms with Crippen LogP contribution in [0, 0.1) is 0 Å². The Labute approximate surface area is 263 Å². The van der Waals surface area contributed by atoms with Gasteiger partial charge in [0.25, 0.3) is 5.91 Å². The van der Waals surface area contributed by atoms with E-state index in [0.717, 1.165) is 55.8 Å². The summed E-state index contributed by atoms with van der Waals surface area (Å²) in [6, 6.07) is 7.92. The second kappa shape index (κ2) is 14.6. The Bertz CT molecular complexity index is 1370. The van der Waals surface area contributed by atoms with Crippen LogP contribution in [-0.4, -0.2) is 84.0 Å². The average Bonchev–Trinajstić information content (AvgIpc) is 3.51. The fourth-order valence-corrected chi connectivity index (χ4v) is 5.82. The Morgan fingerprint density at radius 3 is 2.79 bits per heavy atom. The van der Waals surface area contributed by atoms with Crippen molar-refractivity contribution in [1.82, 2.24) is 20.2 Å². The summed E-state index contributed by atoms with van der Waals surface area (Å²) in [6.07, 6.45) is 6.44. The standard InChI is InChI=1S/C30H37ClN6O5.H2S/c31-29-25-6-7-36(16-20(25)4-5-26(29)41-18-24-15-32-19-42-24)17-23(38)14-33-30(39)21-12-27(34-22-2-1-3-22)35-28(13-21)37-8-10-40-11-9-37;/h4-5,12-13,15,19,22-23,38H,1-3,6-11,14,16-18H2,(H,33,39)(H,34,35);1H2/t23-;/m0./s1. The number of pyridine rings is 1. The number of hydrogen-bond acceptors (Lipinski definition) is 10. The highest BCUT2D eigenvalue weighted by Gasteiger charge is 2.24. The van der Waals surface area contributed by atoms with E-state index < -0.39 is 6.10 Å². The van der Waals surface area contributed by atoms with Crippen LogP contribution in [0.2, 0.25) is 5.02 Å². The maximum Gasteiger partial charge on any atom is 0.251 e. The molecule has 11 nitrogen and oxygen atoms in total. The lowest BCUT2D eigenvalue weighted by molar-refractivity contribution is 0.0841. The largest absolute Gasteiger partial charge is 0.484 e. The molecular weight excluding hydrogens is 592 g/mol. The lowest BCUT2D eigenvalue weighted by Crippen LogP contribution is -2.42. The average molecular weight is 631 g/mol. The smallest absolute Gasteiger partial charge is 0.251 e. The zero-order valence-corrected chi connectivity index (χ0v) is 25.8. The van der Waals surface area contributed by atoms with Crippen LogP contribution in [0.1, 0.15) is 46.5 Å². The molecule has 1 saturated heterocycles. The maximum atomic E-state index is 13.2. The number of nitrogens with one attached hydrogen (secondary N) is 2. The van der Waals surface area contributed by atoms with E-state index >= 15 is 0 Å². The lowest BCUT2D eigenvalue weighted by atomic mass is 9.93. The Balaban J connectivity index is 0.00000368. The predicted molar refractivity (Wildman–Crippen MR) is 169 cm³/mol. The van der Waals surface area contributed by atoms with Crippen molar-refractivity contribution in [3.8, 4) is 5.75 Å². The van der Waals surface area contributed by atoms with Crippen LogP contribution in [-0.2, 0) is 24.3 Å². The van der Waals surface area contributed by atoms with Gasteiger partial charge in [0.15, 0.2) is 12.2 Å². The SMILES string of the molecule is O=C(NC[C@H](O)CN1CCc2c(ccc(OCc3cnco3)c2Cl)C1)c1cc(NC2CCC2)nc(N2CCOCC2)c1.S. The molecule has 6 rings (SSSR count). The minimum atomic E-state index is -0.719. The van der Waals surface area contributed by atoms with Crippen LogP contribution in [0.3, 0.4) is 0 Å². The van der Waals surface area contributed by atoms with Gasteiger partial charge >= 0.3 is 0 Å². The summed E-state index contributed by atoms with van der Waals surface area (Å²) in [5.41, 5.74) is 2.70. The molecule has 4 heterocycles. The molecule has 2 fully saturated rings. The van der Waals surface area contributed by atoms with E-state index in [0.29, 0.717) is 60.3 Å². The molecule has 3 N–H and O–H groups in total. The third-order valence-electron chi connectivity index (χ3n) is 8.06. The number of carbonyl (C=O) groups is 1. The molecule has 1 amide bonds. The molecule has 13 heteroatoms. The van der Waals surface area contributed by atoms with E-state index in [9.17, 15) is 9.90 Å². The number of aromatic nitrogens is 2. The van der Waals surface area contributed by atoms with Crippen molar-refractivity contribution in [2.75, 3.05) is 56.2 Å². The Morgan fingerprint density at radius 1 is 1.21 bits per heavy atom. The van der Waals surface area contributed by atoms with E-state index in [1.165, 1.54) is 12.8 Å². The monoisotopic (exact) mass is 630 g/mol. The third-order valence-corrected chi connectivity index (χ3v) is 8.48. The molecule has 1 saturated carbocycles. The van der Waals surface area contributed by atoms with Gasteiger partial charge in [-0.25, -0.2) is 9.97 Å². The van der Waals surface area contributed by atoms with Gasteiger partial charge in [0.2, 0.25) is 0 Å². The number of hydrogen-bond donors (Lipinski definition) is 3. The van der Waals surface area contributed by atoms with E-state index in [1.54, 1.807) is 12.3 Å². The molecule has 2 aliphatic heterocycles. The molecule has 43 heavy (non-hydrogen) atoms. The van der Waals surface area contributed by atoms with Gasteiger partial charge in [-0.15, -0.1) is 0 Å². The molecule has 3 aliphatic rings. The molecule has 0 spiro atoms. The molecular formula is C30H39ClN6O5S. The molecule has 0 bridgehead atoms. The van der Waals surface area contributed by atoms with Crippen LogP contribution < -0.4 is 20.3 Å². The van der Waals surface area contributed by atoms with Gasteiger partial charge in [0.1, 0.15) is 24.0 Å². The highest BCUT2D eigenvalue weighted by molar-refractivity contribution is 7.59. The topological polar surface area (TPSA) is 125 Å². The molecule has 0 unspecified atom stereocenters. The number of halogens is 1. The van der Waals surface area contributed by atoms with Gasteiger partial charge in [-0.1, -0.05) is 17.7 Å².